The monoisotopic (exact) mass is 480 g/mol. The molecule has 0 unspecified atom stereocenters. The molecule has 2 heterocycles. The first-order valence-corrected chi connectivity index (χ1v) is 11.3. The first-order valence-electron chi connectivity index (χ1n) is 10.1. The normalized spacial score (nSPS) is 16.4. The van der Waals surface area contributed by atoms with Gasteiger partial charge in [0.1, 0.15) is 0 Å². The highest BCUT2D eigenvalue weighted by molar-refractivity contribution is 8.18. The number of halogens is 1. The second-order valence-corrected chi connectivity index (χ2v) is 9.54. The van der Waals surface area contributed by atoms with Crippen LogP contribution in [0.15, 0.2) is 64.6 Å². The van der Waals surface area contributed by atoms with Crippen LogP contribution in [0.25, 0.3) is 17.0 Å². The molecule has 0 radical (unpaired) electrons. The van der Waals surface area contributed by atoms with E-state index < -0.39 is 5.54 Å². The number of aliphatic hydroxyl groups is 1. The molecule has 0 aliphatic carbocycles. The van der Waals surface area contributed by atoms with E-state index in [1.807, 2.05) is 30.3 Å². The van der Waals surface area contributed by atoms with Crippen LogP contribution in [0.2, 0.25) is 5.02 Å². The quantitative estimate of drug-likeness (QED) is 0.473. The lowest BCUT2D eigenvalue weighted by Crippen LogP contribution is -2.46. The van der Waals surface area contributed by atoms with Gasteiger partial charge in [-0.05, 0) is 73.6 Å². The first kappa shape index (κ1) is 23.0. The molecular weight excluding hydrogens is 460 g/mol. The van der Waals surface area contributed by atoms with Crippen molar-refractivity contribution in [1.29, 1.82) is 0 Å². The van der Waals surface area contributed by atoms with Gasteiger partial charge in [0, 0.05) is 17.1 Å². The summed E-state index contributed by atoms with van der Waals surface area (Å²) in [6, 6.07) is 14.3. The Kier molecular flexibility index (Phi) is 6.51. The van der Waals surface area contributed by atoms with Gasteiger partial charge in [0.15, 0.2) is 5.17 Å². The average molecular weight is 481 g/mol. The highest BCUT2D eigenvalue weighted by atomic mass is 35.5. The third kappa shape index (κ3) is 5.42. The van der Waals surface area contributed by atoms with E-state index >= 15 is 0 Å². The number of benzene rings is 2. The van der Waals surface area contributed by atoms with Crippen LogP contribution in [0.4, 0.5) is 5.69 Å². The Balaban J connectivity index is 1.57. The van der Waals surface area contributed by atoms with E-state index in [1.165, 1.54) is 11.8 Å². The summed E-state index contributed by atoms with van der Waals surface area (Å²) in [5.74, 6) is -0.624. The number of hydrogen-bond acceptors (Lipinski definition) is 6. The predicted octanol–water partition coefficient (Wildman–Crippen LogP) is 4.28. The molecule has 0 bridgehead atoms. The Labute approximate surface area is 200 Å². The van der Waals surface area contributed by atoms with Crippen LogP contribution in [0.1, 0.15) is 29.8 Å². The fourth-order valence-corrected chi connectivity index (χ4v) is 4.08. The molecule has 2 amide bonds. The Hall–Kier alpha value is -3.20. The van der Waals surface area contributed by atoms with Crippen LogP contribution in [0.5, 0.6) is 0 Å². The molecule has 0 atom stereocenters. The van der Waals surface area contributed by atoms with Gasteiger partial charge in [0.05, 0.1) is 33.3 Å². The average Bonchev–Trinajstić information content (AvgIpc) is 3.13. The number of aliphatic imine (C=N–C) groups is 1. The van der Waals surface area contributed by atoms with Gasteiger partial charge in [-0.2, -0.15) is 0 Å². The highest BCUT2D eigenvalue weighted by Gasteiger charge is 2.25. The second-order valence-electron chi connectivity index (χ2n) is 8.10. The van der Waals surface area contributed by atoms with Gasteiger partial charge in [0.25, 0.3) is 11.8 Å². The Morgan fingerprint density at radius 1 is 1.27 bits per heavy atom. The molecule has 1 aliphatic heterocycles. The summed E-state index contributed by atoms with van der Waals surface area (Å²) < 4.78 is 0. The van der Waals surface area contributed by atoms with Gasteiger partial charge in [-0.1, -0.05) is 23.7 Å². The maximum Gasteiger partial charge on any atom is 0.264 e. The molecule has 168 valence electrons. The third-order valence-electron chi connectivity index (χ3n) is 4.85. The van der Waals surface area contributed by atoms with Crippen molar-refractivity contribution in [2.75, 3.05) is 6.61 Å². The van der Waals surface area contributed by atoms with E-state index in [0.717, 1.165) is 16.5 Å². The molecule has 0 saturated carbocycles. The number of aliphatic hydroxyl groups excluding tert-OH is 1. The van der Waals surface area contributed by atoms with Crippen molar-refractivity contribution >= 4 is 63.0 Å². The first-order chi connectivity index (χ1) is 15.7. The summed E-state index contributed by atoms with van der Waals surface area (Å²) in [5, 5.41) is 16.5. The van der Waals surface area contributed by atoms with Crippen molar-refractivity contribution in [3.05, 3.63) is 75.8 Å². The number of amides is 2. The van der Waals surface area contributed by atoms with Gasteiger partial charge < -0.3 is 15.7 Å². The van der Waals surface area contributed by atoms with Gasteiger partial charge in [-0.3, -0.25) is 14.6 Å². The predicted molar refractivity (Wildman–Crippen MR) is 133 cm³/mol. The number of nitrogens with one attached hydrogen (secondary N) is 2. The number of thioether (sulfide) groups is 1. The zero-order valence-corrected chi connectivity index (χ0v) is 19.5. The maximum atomic E-state index is 12.5. The van der Waals surface area contributed by atoms with Gasteiger partial charge in [-0.25, -0.2) is 4.99 Å². The summed E-state index contributed by atoms with van der Waals surface area (Å²) in [4.78, 5) is 34.2. The Morgan fingerprint density at radius 2 is 2.09 bits per heavy atom. The van der Waals surface area contributed by atoms with E-state index in [4.69, 9.17) is 11.6 Å². The van der Waals surface area contributed by atoms with Crippen molar-refractivity contribution < 1.29 is 14.7 Å². The molecule has 9 heteroatoms. The zero-order valence-electron chi connectivity index (χ0n) is 17.9. The Morgan fingerprint density at radius 3 is 2.88 bits per heavy atom. The summed E-state index contributed by atoms with van der Waals surface area (Å²) in [7, 11) is 0. The zero-order chi connectivity index (χ0) is 23.6. The van der Waals surface area contributed by atoms with Crippen LogP contribution in [0.3, 0.4) is 0 Å². The summed E-state index contributed by atoms with van der Waals surface area (Å²) in [5.41, 5.74) is 1.68. The van der Waals surface area contributed by atoms with E-state index in [-0.39, 0.29) is 18.4 Å². The fraction of sp³-hybridized carbons (Fsp3) is 0.167. The number of aromatic nitrogens is 1. The van der Waals surface area contributed by atoms with Gasteiger partial charge in [-0.15, -0.1) is 0 Å². The minimum atomic E-state index is -0.767. The van der Waals surface area contributed by atoms with Crippen molar-refractivity contribution in [2.24, 2.45) is 4.99 Å². The van der Waals surface area contributed by atoms with Crippen molar-refractivity contribution in [3.8, 4) is 0 Å². The highest BCUT2D eigenvalue weighted by Crippen LogP contribution is 2.32. The lowest BCUT2D eigenvalue weighted by Gasteiger charge is -2.23. The molecule has 4 rings (SSSR count). The smallest absolute Gasteiger partial charge is 0.264 e. The number of hydrogen-bond donors (Lipinski definition) is 3. The van der Waals surface area contributed by atoms with Crippen LogP contribution in [-0.2, 0) is 4.79 Å². The van der Waals surface area contributed by atoms with Gasteiger partial charge >= 0.3 is 0 Å². The number of nitrogens with zero attached hydrogens (tertiary/aromatic N) is 2. The number of rotatable bonds is 5. The largest absolute Gasteiger partial charge is 0.394 e. The lowest BCUT2D eigenvalue weighted by atomic mass is 10.1. The van der Waals surface area contributed by atoms with Crippen LogP contribution < -0.4 is 10.6 Å². The fourth-order valence-electron chi connectivity index (χ4n) is 3.08. The van der Waals surface area contributed by atoms with Crippen LogP contribution in [-0.4, -0.2) is 39.2 Å². The SMILES string of the molecule is CC(C)(CO)NC(=O)c1ccc(Cl)c(N=C2NC(=O)/C(=C\c3ccc4ncccc4c3)S2)c1. The number of fused-ring (bicyclic) bond motifs is 1. The minimum absolute atomic E-state index is 0.201. The number of carbonyl (C=O) groups excluding carboxylic acids is 2. The maximum absolute atomic E-state index is 12.5. The number of pyridine rings is 1. The molecule has 1 aliphatic rings. The molecule has 3 aromatic rings. The standard InChI is InChI=1S/C24H21ClN4O3S/c1-24(2,13-30)29-21(31)16-6-7-17(25)19(12-16)27-23-28-22(32)20(33-23)11-14-5-8-18-15(10-14)4-3-9-26-18/h3-12,30H,13H2,1-2H3,(H,29,31)(H,27,28,32)/b20-11+. The summed E-state index contributed by atoms with van der Waals surface area (Å²) >= 11 is 7.47. The molecule has 7 nitrogen and oxygen atoms in total. The van der Waals surface area contributed by atoms with Crippen LogP contribution in [0, 0.1) is 0 Å². The van der Waals surface area contributed by atoms with E-state index in [0.29, 0.717) is 26.3 Å². The molecular formula is C24H21ClN4O3S. The van der Waals surface area contributed by atoms with Crippen molar-refractivity contribution in [1.82, 2.24) is 15.6 Å². The topological polar surface area (TPSA) is 104 Å². The molecule has 1 saturated heterocycles. The van der Waals surface area contributed by atoms with Crippen molar-refractivity contribution in [2.45, 2.75) is 19.4 Å². The summed E-state index contributed by atoms with van der Waals surface area (Å²) in [6.45, 7) is 3.23. The van der Waals surface area contributed by atoms with E-state index in [1.54, 1.807) is 44.3 Å². The molecule has 3 N–H and O–H groups in total. The molecule has 1 fully saturated rings. The number of amidine groups is 1. The Bertz CT molecular complexity index is 1320. The molecule has 2 aromatic carbocycles. The second kappa shape index (κ2) is 9.35. The molecule has 0 spiro atoms. The third-order valence-corrected chi connectivity index (χ3v) is 6.08. The molecule has 1 aromatic heterocycles. The molecule has 33 heavy (non-hydrogen) atoms. The van der Waals surface area contributed by atoms with Gasteiger partial charge in [0.2, 0.25) is 0 Å². The number of carbonyl (C=O) groups is 2. The lowest BCUT2D eigenvalue weighted by molar-refractivity contribution is -0.115. The van der Waals surface area contributed by atoms with Crippen molar-refractivity contribution in [3.63, 3.8) is 0 Å². The van der Waals surface area contributed by atoms with Crippen LogP contribution >= 0.6 is 23.4 Å². The minimum Gasteiger partial charge on any atom is -0.394 e. The van der Waals surface area contributed by atoms with E-state index in [2.05, 4.69) is 20.6 Å². The summed E-state index contributed by atoms with van der Waals surface area (Å²) in [6.07, 6.45) is 3.53. The van der Waals surface area contributed by atoms with E-state index in [9.17, 15) is 14.7 Å².